The summed E-state index contributed by atoms with van der Waals surface area (Å²) in [7, 11) is 3.29. The Kier molecular flexibility index (Phi) is 4.49. The third kappa shape index (κ3) is 3.07. The summed E-state index contributed by atoms with van der Waals surface area (Å²) in [6.45, 7) is 0. The van der Waals surface area contributed by atoms with Crippen molar-refractivity contribution in [2.75, 3.05) is 19.5 Å². The van der Waals surface area contributed by atoms with E-state index in [1.807, 2.05) is 12.1 Å². The number of phenolic OH excluding ortho intramolecular Hbond substituents is 1. The number of hydrogen-bond acceptors (Lipinski definition) is 6. The molecular formula is C21H17FN4O2. The molecule has 4 aromatic rings. The predicted molar refractivity (Wildman–Crippen MR) is 106 cm³/mol. The van der Waals surface area contributed by atoms with Crippen LogP contribution in [0.1, 0.15) is 0 Å². The average molecular weight is 376 g/mol. The van der Waals surface area contributed by atoms with Gasteiger partial charge in [-0.2, -0.15) is 0 Å². The summed E-state index contributed by atoms with van der Waals surface area (Å²) < 4.78 is 19.3. The number of rotatable bonds is 4. The third-order valence-corrected chi connectivity index (χ3v) is 4.41. The van der Waals surface area contributed by atoms with E-state index in [1.54, 1.807) is 31.6 Å². The van der Waals surface area contributed by atoms with E-state index in [0.29, 0.717) is 39.4 Å². The molecule has 2 aromatic heterocycles. The molecule has 6 nitrogen and oxygen atoms in total. The zero-order valence-electron chi connectivity index (χ0n) is 15.3. The van der Waals surface area contributed by atoms with Gasteiger partial charge in [0, 0.05) is 36.0 Å². The predicted octanol–water partition coefficient (Wildman–Crippen LogP) is 4.25. The third-order valence-electron chi connectivity index (χ3n) is 4.41. The Morgan fingerprint density at radius 2 is 1.93 bits per heavy atom. The first-order chi connectivity index (χ1) is 13.6. The van der Waals surface area contributed by atoms with Crippen molar-refractivity contribution in [1.82, 2.24) is 15.0 Å². The van der Waals surface area contributed by atoms with Gasteiger partial charge in [-0.1, -0.05) is 0 Å². The molecule has 0 saturated carbocycles. The van der Waals surface area contributed by atoms with Crippen molar-refractivity contribution in [2.45, 2.75) is 0 Å². The fourth-order valence-electron chi connectivity index (χ4n) is 3.07. The number of aromatic nitrogens is 3. The van der Waals surface area contributed by atoms with E-state index in [1.165, 1.54) is 25.3 Å². The average Bonchev–Trinajstić information content (AvgIpc) is 2.74. The lowest BCUT2D eigenvalue weighted by Gasteiger charge is -2.14. The Bertz CT molecular complexity index is 1170. The molecule has 2 aromatic carbocycles. The van der Waals surface area contributed by atoms with Gasteiger partial charge in [0.05, 0.1) is 7.11 Å². The monoisotopic (exact) mass is 376 g/mol. The highest BCUT2D eigenvalue weighted by atomic mass is 19.1. The van der Waals surface area contributed by atoms with Crippen molar-refractivity contribution in [2.24, 2.45) is 0 Å². The molecule has 0 radical (unpaired) electrons. The van der Waals surface area contributed by atoms with Gasteiger partial charge in [-0.3, -0.25) is 4.98 Å². The van der Waals surface area contributed by atoms with E-state index < -0.39 is 5.82 Å². The first-order valence-corrected chi connectivity index (χ1v) is 8.57. The lowest BCUT2D eigenvalue weighted by molar-refractivity contribution is 0.419. The number of hydrogen-bond donors (Lipinski definition) is 2. The fraction of sp³-hybridized carbons (Fsp3) is 0.0952. The molecule has 0 aliphatic carbocycles. The molecule has 0 aliphatic rings. The highest BCUT2D eigenvalue weighted by molar-refractivity contribution is 5.98. The van der Waals surface area contributed by atoms with E-state index in [4.69, 9.17) is 4.74 Å². The molecule has 28 heavy (non-hydrogen) atoms. The molecule has 0 spiro atoms. The maximum atomic E-state index is 13.7. The molecule has 0 aliphatic heterocycles. The highest BCUT2D eigenvalue weighted by Gasteiger charge is 2.16. The highest BCUT2D eigenvalue weighted by Crippen LogP contribution is 2.38. The van der Waals surface area contributed by atoms with Gasteiger partial charge >= 0.3 is 0 Å². The van der Waals surface area contributed by atoms with Crippen LogP contribution in [0.3, 0.4) is 0 Å². The van der Waals surface area contributed by atoms with Gasteiger partial charge in [-0.05, 0) is 48.0 Å². The molecule has 0 atom stereocenters. The smallest absolute Gasteiger partial charge is 0.163 e. The Morgan fingerprint density at radius 1 is 1.07 bits per heavy atom. The number of methoxy groups -OCH3 is 1. The quantitative estimate of drug-likeness (QED) is 0.554. The minimum Gasteiger partial charge on any atom is -0.507 e. The van der Waals surface area contributed by atoms with Gasteiger partial charge < -0.3 is 15.2 Å². The number of anilines is 1. The molecule has 0 saturated heterocycles. The van der Waals surface area contributed by atoms with E-state index in [0.717, 1.165) is 5.56 Å². The summed E-state index contributed by atoms with van der Waals surface area (Å²) in [4.78, 5) is 13.3. The van der Waals surface area contributed by atoms with Crippen molar-refractivity contribution >= 4 is 16.7 Å². The summed E-state index contributed by atoms with van der Waals surface area (Å²) in [5.41, 5.74) is 2.32. The lowest BCUT2D eigenvalue weighted by atomic mass is 10.0. The number of nitrogens with one attached hydrogen (secondary N) is 1. The number of benzene rings is 2. The summed E-state index contributed by atoms with van der Waals surface area (Å²) in [6.07, 6.45) is 3.37. The maximum absolute atomic E-state index is 13.7. The standard InChI is InChI=1S/C21H17FN4O2/c1-23-21-16-8-13(15-10-14(22)5-6-17(15)27)9-18(28-2)19(16)25-20(26-21)12-4-3-7-24-11-12/h3-11,27H,1-2H3,(H,23,25,26). The van der Waals surface area contributed by atoms with Crippen molar-refractivity contribution < 1.29 is 14.2 Å². The van der Waals surface area contributed by atoms with Gasteiger partial charge in [-0.25, -0.2) is 14.4 Å². The topological polar surface area (TPSA) is 80.2 Å². The van der Waals surface area contributed by atoms with E-state index in [9.17, 15) is 9.50 Å². The number of fused-ring (bicyclic) bond motifs is 1. The fourth-order valence-corrected chi connectivity index (χ4v) is 3.07. The van der Waals surface area contributed by atoms with Gasteiger partial charge in [0.15, 0.2) is 5.82 Å². The molecule has 0 fully saturated rings. The summed E-state index contributed by atoms with van der Waals surface area (Å²) in [6, 6.07) is 11.0. The SMILES string of the molecule is CNc1nc(-c2cccnc2)nc2c(OC)cc(-c3cc(F)ccc3O)cc12. The Morgan fingerprint density at radius 3 is 2.64 bits per heavy atom. The minimum absolute atomic E-state index is 0.0262. The molecule has 0 unspecified atom stereocenters. The molecule has 7 heteroatoms. The van der Waals surface area contributed by atoms with Crippen molar-refractivity contribution in [3.63, 3.8) is 0 Å². The van der Waals surface area contributed by atoms with Gasteiger partial charge in [0.2, 0.25) is 0 Å². The Hall–Kier alpha value is -3.74. The zero-order chi connectivity index (χ0) is 19.7. The largest absolute Gasteiger partial charge is 0.507 e. The summed E-state index contributed by atoms with van der Waals surface area (Å²) in [5, 5.41) is 13.9. The van der Waals surface area contributed by atoms with Crippen LogP contribution in [0.15, 0.2) is 54.9 Å². The van der Waals surface area contributed by atoms with E-state index in [2.05, 4.69) is 20.3 Å². The van der Waals surface area contributed by atoms with E-state index >= 15 is 0 Å². The Balaban J connectivity index is 1.99. The van der Waals surface area contributed by atoms with Gasteiger partial charge in [-0.15, -0.1) is 0 Å². The summed E-state index contributed by atoms with van der Waals surface area (Å²) >= 11 is 0. The molecule has 2 N–H and O–H groups in total. The van der Waals surface area contributed by atoms with Crippen LogP contribution in [-0.4, -0.2) is 34.2 Å². The normalized spacial score (nSPS) is 10.8. The number of aromatic hydroxyl groups is 1. The first-order valence-electron chi connectivity index (χ1n) is 8.57. The summed E-state index contributed by atoms with van der Waals surface area (Å²) in [5.74, 6) is 1.11. The zero-order valence-corrected chi connectivity index (χ0v) is 15.3. The number of nitrogens with zero attached hydrogens (tertiary/aromatic N) is 3. The molecule has 0 amide bonds. The van der Waals surface area contributed by atoms with Crippen LogP contribution >= 0.6 is 0 Å². The minimum atomic E-state index is -0.441. The van der Waals surface area contributed by atoms with Crippen LogP contribution in [0.4, 0.5) is 10.2 Å². The second-order valence-corrected chi connectivity index (χ2v) is 6.12. The van der Waals surface area contributed by atoms with Crippen LogP contribution < -0.4 is 10.1 Å². The van der Waals surface area contributed by atoms with Gasteiger partial charge in [0.25, 0.3) is 0 Å². The van der Waals surface area contributed by atoms with Crippen molar-refractivity contribution in [3.8, 4) is 34.0 Å². The molecular weight excluding hydrogens is 359 g/mol. The van der Waals surface area contributed by atoms with Crippen molar-refractivity contribution in [1.29, 1.82) is 0 Å². The van der Waals surface area contributed by atoms with Crippen LogP contribution in [0.2, 0.25) is 0 Å². The molecule has 0 bridgehead atoms. The second kappa shape index (κ2) is 7.11. The van der Waals surface area contributed by atoms with Crippen molar-refractivity contribution in [3.05, 3.63) is 60.7 Å². The maximum Gasteiger partial charge on any atom is 0.163 e. The van der Waals surface area contributed by atoms with Crippen LogP contribution in [0.25, 0.3) is 33.4 Å². The number of halogens is 1. The second-order valence-electron chi connectivity index (χ2n) is 6.12. The number of pyridine rings is 1. The number of phenols is 1. The molecule has 140 valence electrons. The van der Waals surface area contributed by atoms with Crippen LogP contribution in [0, 0.1) is 5.82 Å². The molecule has 2 heterocycles. The Labute approximate surface area is 160 Å². The lowest BCUT2D eigenvalue weighted by Crippen LogP contribution is -2.01. The molecule has 4 rings (SSSR count). The van der Waals surface area contributed by atoms with Gasteiger partial charge in [0.1, 0.15) is 28.7 Å². The van der Waals surface area contributed by atoms with Crippen LogP contribution in [0.5, 0.6) is 11.5 Å². The number of ether oxygens (including phenoxy) is 1. The van der Waals surface area contributed by atoms with E-state index in [-0.39, 0.29) is 5.75 Å². The first kappa shape index (κ1) is 17.7. The van der Waals surface area contributed by atoms with Crippen LogP contribution in [-0.2, 0) is 0 Å².